The Morgan fingerprint density at radius 1 is 0.943 bits per heavy atom. The van der Waals surface area contributed by atoms with Gasteiger partial charge in [0.25, 0.3) is 0 Å². The van der Waals surface area contributed by atoms with Gasteiger partial charge in [-0.1, -0.05) is 36.4 Å². The number of halogens is 3. The largest absolute Gasteiger partial charge is 0.489 e. The molecule has 2 aliphatic rings. The summed E-state index contributed by atoms with van der Waals surface area (Å²) in [6.45, 7) is 2.47. The second-order valence-corrected chi connectivity index (χ2v) is 9.67. The summed E-state index contributed by atoms with van der Waals surface area (Å²) in [4.78, 5) is 0. The molecule has 184 valence electrons. The summed E-state index contributed by atoms with van der Waals surface area (Å²) < 4.78 is 55.2. The van der Waals surface area contributed by atoms with E-state index in [9.17, 15) is 9.50 Å². The van der Waals surface area contributed by atoms with Gasteiger partial charge in [-0.2, -0.15) is 0 Å². The van der Waals surface area contributed by atoms with Crippen molar-refractivity contribution in [3.8, 4) is 16.9 Å². The van der Waals surface area contributed by atoms with Crippen LogP contribution >= 0.6 is 0 Å². The third-order valence-corrected chi connectivity index (χ3v) is 7.35. The monoisotopic (exact) mass is 482 g/mol. The van der Waals surface area contributed by atoms with Crippen LogP contribution in [0.3, 0.4) is 0 Å². The molecule has 0 aromatic heterocycles. The second-order valence-electron chi connectivity index (χ2n) is 9.67. The van der Waals surface area contributed by atoms with Gasteiger partial charge in [-0.3, -0.25) is 0 Å². The minimum atomic E-state index is -0.851. The van der Waals surface area contributed by atoms with Crippen LogP contribution in [0.25, 0.3) is 11.1 Å². The minimum Gasteiger partial charge on any atom is -0.489 e. The van der Waals surface area contributed by atoms with E-state index in [1.165, 1.54) is 6.07 Å². The zero-order valence-electron chi connectivity index (χ0n) is 19.6. The van der Waals surface area contributed by atoms with Crippen molar-refractivity contribution in [1.29, 1.82) is 0 Å². The maximum atomic E-state index is 15.0. The number of ether oxygens (including phenoxy) is 2. The van der Waals surface area contributed by atoms with Gasteiger partial charge in [0.15, 0.2) is 11.6 Å². The molecule has 1 aliphatic carbocycles. The fourth-order valence-corrected chi connectivity index (χ4v) is 5.03. The van der Waals surface area contributed by atoms with Gasteiger partial charge in [0.2, 0.25) is 0 Å². The molecule has 35 heavy (non-hydrogen) atoms. The lowest BCUT2D eigenvalue weighted by Gasteiger charge is -2.30. The molecule has 1 saturated heterocycles. The van der Waals surface area contributed by atoms with Crippen LogP contribution in [0.5, 0.6) is 5.75 Å². The number of hydrogen-bond donors (Lipinski definition) is 1. The number of aliphatic hydroxyl groups excluding tert-OH is 1. The minimum absolute atomic E-state index is 0.00332. The van der Waals surface area contributed by atoms with Crippen molar-refractivity contribution in [2.24, 2.45) is 5.92 Å². The first-order valence-electron chi connectivity index (χ1n) is 12.2. The van der Waals surface area contributed by atoms with Gasteiger partial charge in [-0.15, -0.1) is 0 Å². The lowest BCUT2D eigenvalue weighted by Crippen LogP contribution is -2.23. The lowest BCUT2D eigenvalue weighted by molar-refractivity contribution is 0.0964. The highest BCUT2D eigenvalue weighted by molar-refractivity contribution is 5.65. The molecule has 3 aromatic carbocycles. The van der Waals surface area contributed by atoms with Crippen LogP contribution in [-0.2, 0) is 11.3 Å². The van der Waals surface area contributed by atoms with E-state index in [-0.39, 0.29) is 42.0 Å². The van der Waals surface area contributed by atoms with Gasteiger partial charge in [-0.25, -0.2) is 13.2 Å². The van der Waals surface area contributed by atoms with Crippen LogP contribution in [0.2, 0.25) is 0 Å². The van der Waals surface area contributed by atoms with Gasteiger partial charge in [-0.05, 0) is 79.3 Å². The summed E-state index contributed by atoms with van der Waals surface area (Å²) in [5, 5.41) is 9.78. The molecule has 5 rings (SSSR count). The lowest BCUT2D eigenvalue weighted by atomic mass is 9.76. The Balaban J connectivity index is 1.24. The number of rotatable bonds is 7. The van der Waals surface area contributed by atoms with Crippen LogP contribution < -0.4 is 4.74 Å². The molecule has 2 unspecified atom stereocenters. The Morgan fingerprint density at radius 2 is 1.66 bits per heavy atom. The normalized spacial score (nSPS) is 22.6. The van der Waals surface area contributed by atoms with Crippen molar-refractivity contribution in [1.82, 2.24) is 0 Å². The van der Waals surface area contributed by atoms with Crippen molar-refractivity contribution in [2.75, 3.05) is 6.61 Å². The first-order valence-corrected chi connectivity index (χ1v) is 12.2. The van der Waals surface area contributed by atoms with Gasteiger partial charge in [0.05, 0.1) is 12.7 Å². The molecule has 1 heterocycles. The van der Waals surface area contributed by atoms with Crippen molar-refractivity contribution >= 4 is 0 Å². The molecule has 6 heteroatoms. The summed E-state index contributed by atoms with van der Waals surface area (Å²) in [6, 6.07) is 15.0. The third-order valence-electron chi connectivity index (χ3n) is 7.35. The van der Waals surface area contributed by atoms with Crippen LogP contribution in [-0.4, -0.2) is 17.8 Å². The van der Waals surface area contributed by atoms with Crippen molar-refractivity contribution in [3.05, 3.63) is 88.7 Å². The summed E-state index contributed by atoms with van der Waals surface area (Å²) in [5.41, 5.74) is 2.40. The summed E-state index contributed by atoms with van der Waals surface area (Å²) >= 11 is 0. The molecule has 1 saturated carbocycles. The standard InChI is InChI=1S/C29H29F3O3/c1-17(33)18-2-4-19(5-3-18)24-12-13-25(29(32)28(24)31)20-8-10-23(11-9-20)34-15-22-7-6-21(14-26(22)30)27-16-35-27/h6-14,17-19,27,33H,2-5,15-16H2,1H3. The van der Waals surface area contributed by atoms with E-state index in [0.29, 0.717) is 29.0 Å². The Morgan fingerprint density at radius 3 is 2.29 bits per heavy atom. The van der Waals surface area contributed by atoms with Crippen molar-refractivity contribution in [2.45, 2.75) is 57.3 Å². The molecule has 0 radical (unpaired) electrons. The molecule has 3 aromatic rings. The SMILES string of the molecule is CC(O)C1CCC(c2ccc(-c3ccc(OCc4ccc(C5CO5)cc4F)cc3)c(F)c2F)CC1. The van der Waals surface area contributed by atoms with Gasteiger partial charge in [0, 0.05) is 11.1 Å². The first kappa shape index (κ1) is 23.9. The van der Waals surface area contributed by atoms with Crippen LogP contribution in [0.15, 0.2) is 54.6 Å². The van der Waals surface area contributed by atoms with E-state index in [1.807, 2.05) is 6.07 Å². The molecule has 0 bridgehead atoms. The van der Waals surface area contributed by atoms with E-state index >= 15 is 8.78 Å². The topological polar surface area (TPSA) is 42.0 Å². The number of aliphatic hydroxyl groups is 1. The molecule has 2 fully saturated rings. The molecule has 2 atom stereocenters. The molecular formula is C29H29F3O3. The fraction of sp³-hybridized carbons (Fsp3) is 0.379. The molecule has 1 N–H and O–H groups in total. The highest BCUT2D eigenvalue weighted by Gasteiger charge is 2.28. The smallest absolute Gasteiger partial charge is 0.166 e. The van der Waals surface area contributed by atoms with E-state index in [0.717, 1.165) is 31.2 Å². The van der Waals surface area contributed by atoms with Crippen molar-refractivity contribution < 1.29 is 27.8 Å². The quantitative estimate of drug-likeness (QED) is 0.366. The predicted molar refractivity (Wildman–Crippen MR) is 128 cm³/mol. The van der Waals surface area contributed by atoms with Crippen LogP contribution in [0, 0.1) is 23.4 Å². The number of hydrogen-bond acceptors (Lipinski definition) is 3. The van der Waals surface area contributed by atoms with Gasteiger partial charge >= 0.3 is 0 Å². The highest BCUT2D eigenvalue weighted by atomic mass is 19.2. The zero-order valence-corrected chi connectivity index (χ0v) is 19.6. The predicted octanol–water partition coefficient (Wildman–Crippen LogP) is 7.08. The highest BCUT2D eigenvalue weighted by Crippen LogP contribution is 2.40. The molecule has 3 nitrogen and oxygen atoms in total. The maximum Gasteiger partial charge on any atom is 0.166 e. The molecular weight excluding hydrogens is 453 g/mol. The Labute approximate surface area is 203 Å². The molecule has 1 aliphatic heterocycles. The summed E-state index contributed by atoms with van der Waals surface area (Å²) in [7, 11) is 0. The third kappa shape index (κ3) is 5.24. The van der Waals surface area contributed by atoms with E-state index in [1.54, 1.807) is 49.4 Å². The summed E-state index contributed by atoms with van der Waals surface area (Å²) in [5.74, 6) is -1.28. The zero-order chi connectivity index (χ0) is 24.5. The number of benzene rings is 3. The molecule has 0 spiro atoms. The van der Waals surface area contributed by atoms with Gasteiger partial charge in [0.1, 0.15) is 24.3 Å². The number of epoxide rings is 1. The Kier molecular flexibility index (Phi) is 6.85. The molecule has 0 amide bonds. The summed E-state index contributed by atoms with van der Waals surface area (Å²) in [6.07, 6.45) is 2.75. The first-order chi connectivity index (χ1) is 16.9. The van der Waals surface area contributed by atoms with E-state index in [2.05, 4.69) is 0 Å². The van der Waals surface area contributed by atoms with E-state index < -0.39 is 11.6 Å². The Bertz CT molecular complexity index is 1180. The van der Waals surface area contributed by atoms with E-state index in [4.69, 9.17) is 9.47 Å². The van der Waals surface area contributed by atoms with Gasteiger partial charge < -0.3 is 14.6 Å². The Hall–Kier alpha value is -2.83. The average molecular weight is 483 g/mol. The average Bonchev–Trinajstić information content (AvgIpc) is 3.71. The maximum absolute atomic E-state index is 15.0. The van der Waals surface area contributed by atoms with Crippen molar-refractivity contribution in [3.63, 3.8) is 0 Å². The second kappa shape index (κ2) is 10.0. The van der Waals surface area contributed by atoms with Crippen LogP contribution in [0.1, 0.15) is 61.3 Å². The fourth-order valence-electron chi connectivity index (χ4n) is 5.03. The van der Waals surface area contributed by atoms with Crippen LogP contribution in [0.4, 0.5) is 13.2 Å².